The molecule has 3 rings (SSSR count). The van der Waals surface area contributed by atoms with E-state index in [9.17, 15) is 9.90 Å². The van der Waals surface area contributed by atoms with Gasteiger partial charge in [-0.05, 0) is 61.7 Å². The Bertz CT molecular complexity index is 709. The highest BCUT2D eigenvalue weighted by molar-refractivity contribution is 5.89. The van der Waals surface area contributed by atoms with Crippen LogP contribution in [-0.4, -0.2) is 53.8 Å². The molecule has 1 aliphatic rings. The summed E-state index contributed by atoms with van der Waals surface area (Å²) in [4.78, 5) is 18.3. The third-order valence-corrected chi connectivity index (χ3v) is 4.56. The Morgan fingerprint density at radius 2 is 2.11 bits per heavy atom. The lowest BCUT2D eigenvalue weighted by atomic mass is 9.99. The second kappa shape index (κ2) is 9.89. The summed E-state index contributed by atoms with van der Waals surface area (Å²) >= 11 is 0. The molecule has 1 saturated heterocycles. The first-order chi connectivity index (χ1) is 13.2. The van der Waals surface area contributed by atoms with Crippen LogP contribution in [0.1, 0.15) is 12.8 Å². The molecule has 27 heavy (non-hydrogen) atoms. The van der Waals surface area contributed by atoms with Crippen molar-refractivity contribution in [1.29, 1.82) is 0 Å². The molecule has 1 atom stereocenters. The van der Waals surface area contributed by atoms with Gasteiger partial charge in [0, 0.05) is 38.1 Å². The highest BCUT2D eigenvalue weighted by atomic mass is 16.5. The van der Waals surface area contributed by atoms with Crippen molar-refractivity contribution in [1.82, 2.24) is 15.2 Å². The molecule has 3 N–H and O–H groups in total. The van der Waals surface area contributed by atoms with Gasteiger partial charge in [-0.2, -0.15) is 0 Å². The van der Waals surface area contributed by atoms with Crippen LogP contribution in [0.2, 0.25) is 0 Å². The number of urea groups is 1. The van der Waals surface area contributed by atoms with Gasteiger partial charge in [0.15, 0.2) is 0 Å². The van der Waals surface area contributed by atoms with Crippen LogP contribution in [0.5, 0.6) is 11.5 Å². The van der Waals surface area contributed by atoms with Crippen molar-refractivity contribution in [3.63, 3.8) is 0 Å². The Morgan fingerprint density at radius 3 is 2.85 bits per heavy atom. The van der Waals surface area contributed by atoms with Crippen molar-refractivity contribution in [3.05, 3.63) is 48.8 Å². The summed E-state index contributed by atoms with van der Waals surface area (Å²) in [5, 5.41) is 15.0. The predicted octanol–water partition coefficient (Wildman–Crippen LogP) is 2.70. The van der Waals surface area contributed by atoms with E-state index in [1.165, 1.54) is 0 Å². The van der Waals surface area contributed by atoms with Crippen LogP contribution in [0.3, 0.4) is 0 Å². The van der Waals surface area contributed by atoms with Gasteiger partial charge in [-0.1, -0.05) is 0 Å². The third-order valence-electron chi connectivity index (χ3n) is 4.56. The number of aromatic nitrogens is 1. The van der Waals surface area contributed by atoms with Gasteiger partial charge < -0.3 is 25.4 Å². The standard InChI is InChI=1S/C20H26N4O3/c25-15-16-3-2-11-24(14-16)12-10-22-20(26)23-17-5-7-18(8-6-17)27-19-4-1-9-21-13-19/h1,4-9,13,16,25H,2-3,10-12,14-15H2,(H2,22,23,26). The van der Waals surface area contributed by atoms with Gasteiger partial charge in [0.1, 0.15) is 11.5 Å². The van der Waals surface area contributed by atoms with Gasteiger partial charge in [-0.25, -0.2) is 4.79 Å². The number of anilines is 1. The van der Waals surface area contributed by atoms with Gasteiger partial charge in [0.25, 0.3) is 0 Å². The number of hydrogen-bond acceptors (Lipinski definition) is 5. The first kappa shape index (κ1) is 19.1. The Kier molecular flexibility index (Phi) is 7.01. The molecule has 1 aromatic heterocycles. The second-order valence-electron chi connectivity index (χ2n) is 6.69. The van der Waals surface area contributed by atoms with E-state index < -0.39 is 0 Å². The number of aliphatic hydroxyl groups excluding tert-OH is 1. The molecule has 1 aromatic carbocycles. The number of carbonyl (C=O) groups excluding carboxylic acids is 1. The number of pyridine rings is 1. The summed E-state index contributed by atoms with van der Waals surface area (Å²) in [6.45, 7) is 3.54. The van der Waals surface area contributed by atoms with E-state index in [1.54, 1.807) is 36.7 Å². The molecule has 0 aliphatic carbocycles. The first-order valence-corrected chi connectivity index (χ1v) is 9.29. The fourth-order valence-corrected chi connectivity index (χ4v) is 3.16. The zero-order valence-corrected chi connectivity index (χ0v) is 15.3. The van der Waals surface area contributed by atoms with Gasteiger partial charge in [0.2, 0.25) is 0 Å². The van der Waals surface area contributed by atoms with Gasteiger partial charge in [0.05, 0.1) is 6.20 Å². The van der Waals surface area contributed by atoms with E-state index >= 15 is 0 Å². The first-order valence-electron chi connectivity index (χ1n) is 9.29. The highest BCUT2D eigenvalue weighted by Gasteiger charge is 2.18. The molecule has 0 bridgehead atoms. The lowest BCUT2D eigenvalue weighted by Crippen LogP contribution is -2.42. The number of amides is 2. The second-order valence-corrected chi connectivity index (χ2v) is 6.69. The predicted molar refractivity (Wildman–Crippen MR) is 104 cm³/mol. The van der Waals surface area contributed by atoms with Crippen molar-refractivity contribution in [2.45, 2.75) is 12.8 Å². The smallest absolute Gasteiger partial charge is 0.319 e. The van der Waals surface area contributed by atoms with Crippen molar-refractivity contribution in [2.24, 2.45) is 5.92 Å². The number of carbonyl (C=O) groups is 1. The molecule has 2 aromatic rings. The average Bonchev–Trinajstić information content (AvgIpc) is 2.70. The number of nitrogens with one attached hydrogen (secondary N) is 2. The fourth-order valence-electron chi connectivity index (χ4n) is 3.16. The molecule has 144 valence electrons. The summed E-state index contributed by atoms with van der Waals surface area (Å²) in [6, 6.07) is 10.6. The maximum absolute atomic E-state index is 12.0. The quantitative estimate of drug-likeness (QED) is 0.698. The topological polar surface area (TPSA) is 86.7 Å². The van der Waals surface area contributed by atoms with E-state index in [2.05, 4.69) is 20.5 Å². The summed E-state index contributed by atoms with van der Waals surface area (Å²) < 4.78 is 5.67. The zero-order valence-electron chi connectivity index (χ0n) is 15.3. The normalized spacial score (nSPS) is 17.3. The third kappa shape index (κ3) is 6.23. The number of rotatable bonds is 7. The van der Waals surface area contributed by atoms with Crippen LogP contribution in [0, 0.1) is 5.92 Å². The SMILES string of the molecule is O=C(NCCN1CCCC(CO)C1)Nc1ccc(Oc2cccnc2)cc1. The van der Waals surface area contributed by atoms with Crippen molar-refractivity contribution >= 4 is 11.7 Å². The van der Waals surface area contributed by atoms with Crippen LogP contribution >= 0.6 is 0 Å². The van der Waals surface area contributed by atoms with Crippen molar-refractivity contribution in [2.75, 3.05) is 38.1 Å². The summed E-state index contributed by atoms with van der Waals surface area (Å²) in [7, 11) is 0. The Hall–Kier alpha value is -2.64. The van der Waals surface area contributed by atoms with Crippen LogP contribution in [0.15, 0.2) is 48.8 Å². The number of ether oxygens (including phenoxy) is 1. The molecule has 7 nitrogen and oxygen atoms in total. The van der Waals surface area contributed by atoms with E-state index in [0.29, 0.717) is 29.6 Å². The molecule has 2 amide bonds. The molecule has 2 heterocycles. The van der Waals surface area contributed by atoms with E-state index in [1.807, 2.05) is 12.1 Å². The molecule has 1 aliphatic heterocycles. The van der Waals surface area contributed by atoms with E-state index in [0.717, 1.165) is 32.5 Å². The van der Waals surface area contributed by atoms with E-state index in [-0.39, 0.29) is 12.6 Å². The van der Waals surface area contributed by atoms with Gasteiger partial charge in [-0.15, -0.1) is 0 Å². The molecular weight excluding hydrogens is 344 g/mol. The number of nitrogens with zero attached hydrogens (tertiary/aromatic N) is 2. The molecule has 0 spiro atoms. The summed E-state index contributed by atoms with van der Waals surface area (Å²) in [6.07, 6.45) is 5.52. The zero-order chi connectivity index (χ0) is 18.9. The number of likely N-dealkylation sites (tertiary alicyclic amines) is 1. The molecule has 0 saturated carbocycles. The minimum atomic E-state index is -0.230. The lowest BCUT2D eigenvalue weighted by Gasteiger charge is -2.31. The molecule has 0 radical (unpaired) electrons. The Labute approximate surface area is 159 Å². The number of benzene rings is 1. The number of piperidine rings is 1. The lowest BCUT2D eigenvalue weighted by molar-refractivity contribution is 0.121. The van der Waals surface area contributed by atoms with Crippen LogP contribution in [0.4, 0.5) is 10.5 Å². The van der Waals surface area contributed by atoms with E-state index in [4.69, 9.17) is 4.74 Å². The average molecular weight is 370 g/mol. The maximum Gasteiger partial charge on any atom is 0.319 e. The van der Waals surface area contributed by atoms with Crippen LogP contribution < -0.4 is 15.4 Å². The molecule has 7 heteroatoms. The molecule has 1 fully saturated rings. The van der Waals surface area contributed by atoms with Crippen molar-refractivity contribution in [3.8, 4) is 11.5 Å². The van der Waals surface area contributed by atoms with Crippen LogP contribution in [-0.2, 0) is 0 Å². The number of aliphatic hydroxyl groups is 1. The molecular formula is C20H26N4O3. The van der Waals surface area contributed by atoms with Gasteiger partial charge >= 0.3 is 6.03 Å². The summed E-state index contributed by atoms with van der Waals surface area (Å²) in [5.74, 6) is 1.70. The highest BCUT2D eigenvalue weighted by Crippen LogP contribution is 2.22. The van der Waals surface area contributed by atoms with Crippen molar-refractivity contribution < 1.29 is 14.6 Å². The Balaban J connectivity index is 1.39. The van der Waals surface area contributed by atoms with Gasteiger partial charge in [-0.3, -0.25) is 4.98 Å². The largest absolute Gasteiger partial charge is 0.456 e. The Morgan fingerprint density at radius 1 is 1.26 bits per heavy atom. The number of hydrogen-bond donors (Lipinski definition) is 3. The molecule has 1 unspecified atom stereocenters. The fraction of sp³-hybridized carbons (Fsp3) is 0.400. The minimum absolute atomic E-state index is 0.230. The summed E-state index contributed by atoms with van der Waals surface area (Å²) in [5.41, 5.74) is 0.698. The minimum Gasteiger partial charge on any atom is -0.456 e. The van der Waals surface area contributed by atoms with Crippen LogP contribution in [0.25, 0.3) is 0 Å². The maximum atomic E-state index is 12.0. The monoisotopic (exact) mass is 370 g/mol.